The van der Waals surface area contributed by atoms with Crippen LogP contribution in [0.2, 0.25) is 0 Å². The van der Waals surface area contributed by atoms with E-state index in [1.54, 1.807) is 0 Å². The Morgan fingerprint density at radius 1 is 0.739 bits per heavy atom. The van der Waals surface area contributed by atoms with Gasteiger partial charge in [0.15, 0.2) is 0 Å². The molecule has 0 aromatic heterocycles. The van der Waals surface area contributed by atoms with Crippen LogP contribution >= 0.6 is 0 Å². The van der Waals surface area contributed by atoms with E-state index >= 15 is 0 Å². The molecule has 0 aliphatic rings. The van der Waals surface area contributed by atoms with Gasteiger partial charge in [0.05, 0.1) is 11.1 Å². The quantitative estimate of drug-likeness (QED) is 0.695. The summed E-state index contributed by atoms with van der Waals surface area (Å²) in [5.41, 5.74) is -0.356. The molecular weight excluding hydrogens is 323 g/mol. The van der Waals surface area contributed by atoms with Crippen molar-refractivity contribution < 1.29 is 41.0 Å². The summed E-state index contributed by atoms with van der Waals surface area (Å²) in [4.78, 5) is 20.4. The minimum Gasteiger partial charge on any atom is -0.872 e. The molecule has 0 bridgehead atoms. The van der Waals surface area contributed by atoms with Gasteiger partial charge < -0.3 is 31.4 Å². The second kappa shape index (κ2) is 12.0. The molecule has 0 fully saturated rings. The number of carbonyl (C=O) groups is 2. The fraction of sp³-hybridized carbons (Fsp3) is 0. The molecule has 0 aliphatic heterocycles. The number of carboxylic acid groups (broad SMARTS) is 2. The zero-order valence-electron chi connectivity index (χ0n) is 11.7. The first-order valence-electron chi connectivity index (χ1n) is 5.42. The summed E-state index contributed by atoms with van der Waals surface area (Å²) in [6.45, 7) is 0. The van der Waals surface area contributed by atoms with Crippen LogP contribution in [0.25, 0.3) is 0 Å². The molecule has 2 aromatic carbocycles. The first-order chi connectivity index (χ1) is 9.43. The average molecular weight is 336 g/mol. The van der Waals surface area contributed by atoms with Gasteiger partial charge in [-0.2, -0.15) is 0 Å². The van der Waals surface area contributed by atoms with Crippen molar-refractivity contribution in [2.75, 3.05) is 0 Å². The van der Waals surface area contributed by atoms with Crippen molar-refractivity contribution >= 4 is 29.3 Å². The summed E-state index contributed by atoms with van der Waals surface area (Å²) in [6.07, 6.45) is 0. The van der Waals surface area contributed by atoms with Crippen molar-refractivity contribution in [3.63, 3.8) is 0 Å². The summed E-state index contributed by atoms with van der Waals surface area (Å²) in [6, 6.07) is 11.1. The maximum atomic E-state index is 10.7. The number of rotatable bonds is 2. The SMILES string of the molecule is O.O=C(O)c1ccccc1[O-].O=C(O)c1ccccc1[O-].[Al+3].[OH-]. The minimum absolute atomic E-state index is 0. The Bertz CT molecular complexity index is 574. The number of para-hydroxylation sites is 2. The fourth-order valence-electron chi connectivity index (χ4n) is 1.29. The third-order valence-electron chi connectivity index (χ3n) is 2.23. The molecule has 9 heteroatoms. The van der Waals surface area contributed by atoms with E-state index in [9.17, 15) is 19.8 Å². The molecule has 8 nitrogen and oxygen atoms in total. The maximum Gasteiger partial charge on any atom is 3.00 e. The van der Waals surface area contributed by atoms with Crippen molar-refractivity contribution in [3.05, 3.63) is 59.7 Å². The molecule has 0 amide bonds. The van der Waals surface area contributed by atoms with Crippen LogP contribution in [0.5, 0.6) is 11.5 Å². The summed E-state index contributed by atoms with van der Waals surface area (Å²) >= 11 is 0. The van der Waals surface area contributed by atoms with Crippen molar-refractivity contribution in [2.24, 2.45) is 0 Å². The minimum atomic E-state index is -1.18. The smallest absolute Gasteiger partial charge is 0.872 e. The number of benzene rings is 2. The second-order valence-electron chi connectivity index (χ2n) is 3.60. The van der Waals surface area contributed by atoms with E-state index in [0.717, 1.165) is 0 Å². The van der Waals surface area contributed by atoms with Gasteiger partial charge in [-0.3, -0.25) is 0 Å². The van der Waals surface area contributed by atoms with Crippen molar-refractivity contribution in [1.82, 2.24) is 0 Å². The number of hydrogen-bond acceptors (Lipinski definition) is 5. The van der Waals surface area contributed by atoms with E-state index in [2.05, 4.69) is 0 Å². The van der Waals surface area contributed by atoms with Gasteiger partial charge in [0.2, 0.25) is 0 Å². The van der Waals surface area contributed by atoms with E-state index < -0.39 is 23.4 Å². The van der Waals surface area contributed by atoms with Crippen LogP contribution in [-0.4, -0.2) is 50.5 Å². The van der Waals surface area contributed by atoms with Gasteiger partial charge in [-0.05, 0) is 12.1 Å². The van der Waals surface area contributed by atoms with Crippen LogP contribution in [0.15, 0.2) is 48.5 Å². The van der Waals surface area contributed by atoms with E-state index in [1.165, 1.54) is 48.5 Å². The zero-order valence-corrected chi connectivity index (χ0v) is 12.8. The molecule has 2 rings (SSSR count). The van der Waals surface area contributed by atoms with E-state index in [1.807, 2.05) is 0 Å². The molecule has 120 valence electrons. The van der Waals surface area contributed by atoms with Gasteiger partial charge in [0, 0.05) is 0 Å². The van der Waals surface area contributed by atoms with Crippen LogP contribution in [-0.2, 0) is 0 Å². The molecule has 0 radical (unpaired) electrons. The summed E-state index contributed by atoms with van der Waals surface area (Å²) in [5.74, 6) is -3.25. The van der Waals surface area contributed by atoms with Crippen LogP contribution in [0.4, 0.5) is 0 Å². The fourth-order valence-corrected chi connectivity index (χ4v) is 1.29. The Kier molecular flexibility index (Phi) is 13.3. The molecule has 0 saturated carbocycles. The monoisotopic (exact) mass is 336 g/mol. The average Bonchev–Trinajstić information content (AvgIpc) is 2.40. The zero-order chi connectivity index (χ0) is 15.1. The molecule has 2 aromatic rings. The van der Waals surface area contributed by atoms with Crippen molar-refractivity contribution in [2.45, 2.75) is 0 Å². The predicted octanol–water partition coefficient (Wildman–Crippen LogP) is -0.466. The molecule has 5 N–H and O–H groups in total. The number of carboxylic acids is 2. The molecule has 0 unspecified atom stereocenters. The van der Waals surface area contributed by atoms with Crippen molar-refractivity contribution in [3.8, 4) is 11.5 Å². The van der Waals surface area contributed by atoms with E-state index in [0.29, 0.717) is 0 Å². The molecule has 0 aliphatic carbocycles. The van der Waals surface area contributed by atoms with Gasteiger partial charge in [-0.1, -0.05) is 47.9 Å². The standard InChI is InChI=1S/2C7H6O3.Al.2H2O/c2*8-6-4-2-1-3-5(6)7(9)10;;;/h2*1-4,8H,(H,9,10);;2*1H2/q;;+3;;/p-3. The maximum absolute atomic E-state index is 10.7. The second-order valence-corrected chi connectivity index (χ2v) is 3.60. The largest absolute Gasteiger partial charge is 3.00 e. The van der Waals surface area contributed by atoms with Gasteiger partial charge in [-0.25, -0.2) is 9.59 Å². The summed E-state index contributed by atoms with van der Waals surface area (Å²) in [7, 11) is 0. The molecule has 0 spiro atoms. The Morgan fingerprint density at radius 3 is 1.17 bits per heavy atom. The first kappa shape index (κ1) is 25.4. The van der Waals surface area contributed by atoms with Crippen LogP contribution in [0, 0.1) is 0 Å². The molecular formula is C14H13AlO8. The summed E-state index contributed by atoms with van der Waals surface area (Å²) in [5, 5.41) is 38.1. The Morgan fingerprint density at radius 2 is 1.00 bits per heavy atom. The Balaban J connectivity index is -0.000000308. The normalized spacial score (nSPS) is 8.00. The van der Waals surface area contributed by atoms with Gasteiger partial charge >= 0.3 is 29.3 Å². The first-order valence-corrected chi connectivity index (χ1v) is 5.42. The van der Waals surface area contributed by atoms with Crippen molar-refractivity contribution in [1.29, 1.82) is 0 Å². The summed E-state index contributed by atoms with van der Waals surface area (Å²) < 4.78 is 0. The van der Waals surface area contributed by atoms with Crippen LogP contribution in [0.1, 0.15) is 20.7 Å². The van der Waals surface area contributed by atoms with Gasteiger partial charge in [-0.15, -0.1) is 0 Å². The van der Waals surface area contributed by atoms with Gasteiger partial charge in [0.25, 0.3) is 0 Å². The topological polar surface area (TPSA) is 182 Å². The molecule has 23 heavy (non-hydrogen) atoms. The van der Waals surface area contributed by atoms with E-state index in [4.69, 9.17) is 10.2 Å². The predicted molar refractivity (Wildman–Crippen MR) is 77.0 cm³/mol. The van der Waals surface area contributed by atoms with Gasteiger partial charge in [0.1, 0.15) is 0 Å². The molecule has 0 saturated heterocycles. The van der Waals surface area contributed by atoms with Crippen LogP contribution < -0.4 is 10.2 Å². The Labute approximate surface area is 142 Å². The number of hydrogen-bond donors (Lipinski definition) is 2. The van der Waals surface area contributed by atoms with E-state index in [-0.39, 0.29) is 39.4 Å². The number of aromatic carboxylic acids is 2. The van der Waals surface area contributed by atoms with Crippen LogP contribution in [0.3, 0.4) is 0 Å². The Hall–Kier alpha value is -2.57. The third kappa shape index (κ3) is 7.85. The third-order valence-corrected chi connectivity index (χ3v) is 2.23. The molecule has 0 atom stereocenters. The molecule has 0 heterocycles.